The molecule has 0 saturated heterocycles. The monoisotopic (exact) mass is 160 g/mol. The van der Waals surface area contributed by atoms with Crippen molar-refractivity contribution in [1.82, 2.24) is 0 Å². The van der Waals surface area contributed by atoms with E-state index in [0.717, 1.165) is 0 Å². The van der Waals surface area contributed by atoms with E-state index in [9.17, 15) is 4.79 Å². The van der Waals surface area contributed by atoms with E-state index in [0.29, 0.717) is 6.42 Å². The summed E-state index contributed by atoms with van der Waals surface area (Å²) in [6.45, 7) is 0.108. The molecular weight excluding hydrogens is 152 g/mol. The van der Waals surface area contributed by atoms with Crippen LogP contribution >= 0.6 is 11.6 Å². The molecule has 0 aliphatic heterocycles. The Morgan fingerprint density at radius 1 is 1.70 bits per heavy atom. The third kappa shape index (κ3) is 1.58. The molecule has 0 saturated carbocycles. The zero-order chi connectivity index (χ0) is 7.56. The number of rotatable bonds is 2. The third-order valence-electron chi connectivity index (χ3n) is 1.70. The van der Waals surface area contributed by atoms with Crippen LogP contribution in [0, 0.1) is 11.8 Å². The molecule has 1 N–H and O–H groups in total. The van der Waals surface area contributed by atoms with Crippen LogP contribution in [-0.4, -0.2) is 17.0 Å². The van der Waals surface area contributed by atoms with Gasteiger partial charge >= 0.3 is 0 Å². The summed E-state index contributed by atoms with van der Waals surface area (Å²) in [5.41, 5.74) is 0. The molecule has 0 aromatic carbocycles. The lowest BCUT2D eigenvalue weighted by molar-refractivity contribution is -0.114. The molecule has 3 heteroatoms. The normalized spacial score (nSPS) is 31.0. The van der Waals surface area contributed by atoms with Gasteiger partial charge < -0.3 is 5.11 Å². The van der Waals surface area contributed by atoms with Gasteiger partial charge in [0.25, 0.3) is 0 Å². The molecule has 0 radical (unpaired) electrons. The summed E-state index contributed by atoms with van der Waals surface area (Å²) in [7, 11) is 0. The summed E-state index contributed by atoms with van der Waals surface area (Å²) in [4.78, 5) is 10.5. The van der Waals surface area contributed by atoms with E-state index in [4.69, 9.17) is 16.7 Å². The molecule has 0 heterocycles. The summed E-state index contributed by atoms with van der Waals surface area (Å²) < 4.78 is 0. The SMILES string of the molecule is O=C(Cl)C1C=CC(CO)C1. The van der Waals surface area contributed by atoms with Gasteiger partial charge in [0, 0.05) is 12.5 Å². The second kappa shape index (κ2) is 3.17. The molecule has 2 atom stereocenters. The van der Waals surface area contributed by atoms with Crippen LogP contribution < -0.4 is 0 Å². The number of halogens is 1. The van der Waals surface area contributed by atoms with E-state index in [2.05, 4.69) is 0 Å². The van der Waals surface area contributed by atoms with Crippen molar-refractivity contribution in [2.45, 2.75) is 6.42 Å². The number of hydrogen-bond donors (Lipinski definition) is 1. The fourth-order valence-electron chi connectivity index (χ4n) is 1.08. The Morgan fingerprint density at radius 3 is 2.70 bits per heavy atom. The van der Waals surface area contributed by atoms with Gasteiger partial charge in [-0.15, -0.1) is 0 Å². The number of allylic oxidation sites excluding steroid dienone is 1. The Morgan fingerprint density at radius 2 is 2.40 bits per heavy atom. The predicted octanol–water partition coefficient (Wildman–Crippen LogP) is 0.936. The maximum Gasteiger partial charge on any atom is 0.228 e. The Hall–Kier alpha value is -0.340. The standard InChI is InChI=1S/C7H9ClO2/c8-7(10)6-2-1-5(3-6)4-9/h1-2,5-6,9H,3-4H2. The summed E-state index contributed by atoms with van der Waals surface area (Å²) in [5.74, 6) is -0.0356. The van der Waals surface area contributed by atoms with Crippen molar-refractivity contribution >= 4 is 16.8 Å². The van der Waals surface area contributed by atoms with Crippen LogP contribution in [0.15, 0.2) is 12.2 Å². The molecule has 0 amide bonds. The molecule has 2 unspecified atom stereocenters. The average Bonchev–Trinajstić information content (AvgIpc) is 2.34. The number of carbonyl (C=O) groups is 1. The van der Waals surface area contributed by atoms with Gasteiger partial charge in [-0.05, 0) is 18.0 Å². The smallest absolute Gasteiger partial charge is 0.228 e. The van der Waals surface area contributed by atoms with Crippen LogP contribution in [0.2, 0.25) is 0 Å². The van der Waals surface area contributed by atoms with Gasteiger partial charge in [0.05, 0.1) is 5.92 Å². The molecule has 1 rings (SSSR count). The Bertz CT molecular complexity index is 165. The average molecular weight is 161 g/mol. The molecule has 0 bridgehead atoms. The summed E-state index contributed by atoms with van der Waals surface area (Å²) >= 11 is 5.23. The van der Waals surface area contributed by atoms with E-state index in [1.807, 2.05) is 6.08 Å². The van der Waals surface area contributed by atoms with E-state index < -0.39 is 0 Å². The first-order chi connectivity index (χ1) is 4.74. The molecule has 0 aromatic heterocycles. The second-order valence-electron chi connectivity index (χ2n) is 2.47. The van der Waals surface area contributed by atoms with Gasteiger partial charge in [-0.2, -0.15) is 0 Å². The molecule has 10 heavy (non-hydrogen) atoms. The Balaban J connectivity index is 2.45. The van der Waals surface area contributed by atoms with Crippen molar-refractivity contribution in [2.24, 2.45) is 11.8 Å². The number of aliphatic hydroxyl groups is 1. The first kappa shape index (κ1) is 7.76. The molecule has 1 aliphatic carbocycles. The minimum absolute atomic E-state index is 0.108. The fraction of sp³-hybridized carbons (Fsp3) is 0.571. The van der Waals surface area contributed by atoms with Gasteiger partial charge in [-0.25, -0.2) is 0 Å². The fourth-order valence-corrected chi connectivity index (χ4v) is 1.24. The lowest BCUT2D eigenvalue weighted by Gasteiger charge is -2.03. The third-order valence-corrected chi connectivity index (χ3v) is 1.98. The van der Waals surface area contributed by atoms with Crippen LogP contribution in [0.25, 0.3) is 0 Å². The van der Waals surface area contributed by atoms with E-state index in [1.54, 1.807) is 6.08 Å². The largest absolute Gasteiger partial charge is 0.396 e. The first-order valence-corrected chi connectivity index (χ1v) is 3.60. The van der Waals surface area contributed by atoms with Crippen molar-refractivity contribution in [3.05, 3.63) is 12.2 Å². The summed E-state index contributed by atoms with van der Waals surface area (Å²) in [6.07, 6.45) is 4.26. The number of carbonyl (C=O) groups excluding carboxylic acids is 1. The van der Waals surface area contributed by atoms with Crippen molar-refractivity contribution in [2.75, 3.05) is 6.61 Å². The summed E-state index contributed by atoms with van der Waals surface area (Å²) in [5, 5.41) is 8.33. The molecule has 0 fully saturated rings. The molecule has 0 aromatic rings. The lowest BCUT2D eigenvalue weighted by Crippen LogP contribution is -2.06. The van der Waals surface area contributed by atoms with Crippen LogP contribution in [0.3, 0.4) is 0 Å². The highest BCUT2D eigenvalue weighted by atomic mass is 35.5. The first-order valence-electron chi connectivity index (χ1n) is 3.22. The van der Waals surface area contributed by atoms with Gasteiger partial charge in [-0.3, -0.25) is 4.79 Å². The maximum absolute atomic E-state index is 10.5. The second-order valence-corrected chi connectivity index (χ2v) is 2.85. The van der Waals surface area contributed by atoms with Gasteiger partial charge in [-0.1, -0.05) is 12.2 Å². The number of hydrogen-bond acceptors (Lipinski definition) is 2. The van der Waals surface area contributed by atoms with Gasteiger partial charge in [0.2, 0.25) is 5.24 Å². The highest BCUT2D eigenvalue weighted by Crippen LogP contribution is 2.24. The minimum atomic E-state index is -0.327. The van der Waals surface area contributed by atoms with Crippen LogP contribution in [0.4, 0.5) is 0 Å². The van der Waals surface area contributed by atoms with Crippen LogP contribution in [0.1, 0.15) is 6.42 Å². The van der Waals surface area contributed by atoms with E-state index in [-0.39, 0.29) is 23.7 Å². The predicted molar refractivity (Wildman–Crippen MR) is 38.7 cm³/mol. The Labute approximate surface area is 64.5 Å². The lowest BCUT2D eigenvalue weighted by atomic mass is 10.1. The molecule has 56 valence electrons. The van der Waals surface area contributed by atoms with Crippen LogP contribution in [0.5, 0.6) is 0 Å². The summed E-state index contributed by atoms with van der Waals surface area (Å²) in [6, 6.07) is 0. The van der Waals surface area contributed by atoms with Crippen molar-refractivity contribution in [1.29, 1.82) is 0 Å². The van der Waals surface area contributed by atoms with Gasteiger partial charge in [0.1, 0.15) is 0 Å². The Kier molecular flexibility index (Phi) is 2.46. The van der Waals surface area contributed by atoms with E-state index in [1.165, 1.54) is 0 Å². The highest BCUT2D eigenvalue weighted by molar-refractivity contribution is 6.64. The molecular formula is C7H9ClO2. The molecule has 0 spiro atoms. The van der Waals surface area contributed by atoms with Gasteiger partial charge in [0.15, 0.2) is 0 Å². The highest BCUT2D eigenvalue weighted by Gasteiger charge is 2.22. The quantitative estimate of drug-likeness (QED) is 0.482. The van der Waals surface area contributed by atoms with Crippen molar-refractivity contribution in [3.63, 3.8) is 0 Å². The zero-order valence-electron chi connectivity index (χ0n) is 5.46. The topological polar surface area (TPSA) is 37.3 Å². The van der Waals surface area contributed by atoms with Crippen LogP contribution in [-0.2, 0) is 4.79 Å². The van der Waals surface area contributed by atoms with E-state index >= 15 is 0 Å². The van der Waals surface area contributed by atoms with Crippen molar-refractivity contribution in [3.8, 4) is 0 Å². The minimum Gasteiger partial charge on any atom is -0.396 e. The molecule has 2 nitrogen and oxygen atoms in total. The molecule has 1 aliphatic rings. The maximum atomic E-state index is 10.5. The van der Waals surface area contributed by atoms with Crippen molar-refractivity contribution < 1.29 is 9.90 Å². The zero-order valence-corrected chi connectivity index (χ0v) is 6.21. The number of aliphatic hydroxyl groups excluding tert-OH is 1.